The van der Waals surface area contributed by atoms with Crippen LogP contribution in [0.2, 0.25) is 0 Å². The van der Waals surface area contributed by atoms with Crippen molar-refractivity contribution in [3.63, 3.8) is 0 Å². The van der Waals surface area contributed by atoms with E-state index >= 15 is 0 Å². The molecule has 0 unspecified atom stereocenters. The number of unbranched alkanes of at least 4 members (excludes halogenated alkanes) is 1. The molecule has 0 aliphatic carbocycles. The summed E-state index contributed by atoms with van der Waals surface area (Å²) < 4.78 is 1.78. The fourth-order valence-corrected chi connectivity index (χ4v) is 2.58. The van der Waals surface area contributed by atoms with Gasteiger partial charge in [-0.1, -0.05) is 13.3 Å². The van der Waals surface area contributed by atoms with Gasteiger partial charge in [0.05, 0.1) is 11.3 Å². The average molecular weight is 279 g/mol. The molecule has 110 valence electrons. The fourth-order valence-electron chi connectivity index (χ4n) is 2.58. The van der Waals surface area contributed by atoms with Crippen molar-refractivity contribution in [1.29, 1.82) is 0 Å². The lowest BCUT2D eigenvalue weighted by Crippen LogP contribution is -2.40. The highest BCUT2D eigenvalue weighted by atomic mass is 16.4. The molecule has 6 nitrogen and oxygen atoms in total. The van der Waals surface area contributed by atoms with Gasteiger partial charge in [-0.2, -0.15) is 5.10 Å². The SMILES string of the molecule is CCCCn1cc(C(=O)N2CCC[C@@H]2C(=O)O)c(C)n1. The first-order valence-electron chi connectivity index (χ1n) is 7.12. The summed E-state index contributed by atoms with van der Waals surface area (Å²) in [5.74, 6) is -1.14. The number of carboxylic acid groups (broad SMARTS) is 1. The largest absolute Gasteiger partial charge is 0.480 e. The van der Waals surface area contributed by atoms with Gasteiger partial charge in [-0.05, 0) is 26.2 Å². The minimum Gasteiger partial charge on any atom is -0.480 e. The van der Waals surface area contributed by atoms with Crippen molar-refractivity contribution in [3.05, 3.63) is 17.5 Å². The lowest BCUT2D eigenvalue weighted by Gasteiger charge is -2.20. The lowest BCUT2D eigenvalue weighted by atomic mass is 10.2. The van der Waals surface area contributed by atoms with Crippen LogP contribution < -0.4 is 0 Å². The number of aryl methyl sites for hydroxylation is 2. The van der Waals surface area contributed by atoms with Crippen molar-refractivity contribution >= 4 is 11.9 Å². The van der Waals surface area contributed by atoms with Crippen LogP contribution in [0.25, 0.3) is 0 Å². The highest BCUT2D eigenvalue weighted by molar-refractivity contribution is 5.97. The van der Waals surface area contributed by atoms with Crippen molar-refractivity contribution in [3.8, 4) is 0 Å². The van der Waals surface area contributed by atoms with Gasteiger partial charge in [0, 0.05) is 19.3 Å². The Morgan fingerprint density at radius 3 is 2.90 bits per heavy atom. The third-order valence-electron chi connectivity index (χ3n) is 3.72. The van der Waals surface area contributed by atoms with Gasteiger partial charge in [0.1, 0.15) is 6.04 Å². The Morgan fingerprint density at radius 1 is 1.50 bits per heavy atom. The molecule has 6 heteroatoms. The maximum atomic E-state index is 12.5. The molecule has 1 aliphatic rings. The first kappa shape index (κ1) is 14.6. The second-order valence-corrected chi connectivity index (χ2v) is 5.24. The molecule has 1 N–H and O–H groups in total. The zero-order valence-electron chi connectivity index (χ0n) is 12.0. The Hall–Kier alpha value is -1.85. The molecular weight excluding hydrogens is 258 g/mol. The topological polar surface area (TPSA) is 75.4 Å². The molecule has 1 atom stereocenters. The molecule has 2 rings (SSSR count). The Kier molecular flexibility index (Phi) is 4.42. The molecule has 0 saturated carbocycles. The van der Waals surface area contributed by atoms with E-state index in [4.69, 9.17) is 5.11 Å². The summed E-state index contributed by atoms with van der Waals surface area (Å²) >= 11 is 0. The van der Waals surface area contributed by atoms with Crippen molar-refractivity contribution in [1.82, 2.24) is 14.7 Å². The summed E-state index contributed by atoms with van der Waals surface area (Å²) in [6.07, 6.45) is 5.09. The van der Waals surface area contributed by atoms with E-state index in [1.54, 1.807) is 17.8 Å². The smallest absolute Gasteiger partial charge is 0.326 e. The van der Waals surface area contributed by atoms with Gasteiger partial charge >= 0.3 is 5.97 Å². The van der Waals surface area contributed by atoms with E-state index in [0.717, 1.165) is 25.8 Å². The molecule has 1 aromatic heterocycles. The van der Waals surface area contributed by atoms with Crippen LogP contribution >= 0.6 is 0 Å². The van der Waals surface area contributed by atoms with Crippen LogP contribution in [0, 0.1) is 6.92 Å². The number of hydrogen-bond acceptors (Lipinski definition) is 3. The summed E-state index contributed by atoms with van der Waals surface area (Å²) in [6.45, 7) is 5.19. The first-order valence-corrected chi connectivity index (χ1v) is 7.12. The number of aliphatic carboxylic acids is 1. The van der Waals surface area contributed by atoms with E-state index in [1.165, 1.54) is 4.90 Å². The Morgan fingerprint density at radius 2 is 2.25 bits per heavy atom. The van der Waals surface area contributed by atoms with Crippen molar-refractivity contribution < 1.29 is 14.7 Å². The lowest BCUT2D eigenvalue weighted by molar-refractivity contribution is -0.141. The standard InChI is InChI=1S/C14H21N3O3/c1-3-4-7-16-9-11(10(2)15-16)13(18)17-8-5-6-12(17)14(19)20/h9,12H,3-8H2,1-2H3,(H,19,20)/t12-/m1/s1. The van der Waals surface area contributed by atoms with Gasteiger partial charge in [-0.3, -0.25) is 9.48 Å². The van der Waals surface area contributed by atoms with Crippen molar-refractivity contribution in [2.45, 2.75) is 52.1 Å². The number of aromatic nitrogens is 2. The fraction of sp³-hybridized carbons (Fsp3) is 0.643. The quantitative estimate of drug-likeness (QED) is 0.889. The highest BCUT2D eigenvalue weighted by Gasteiger charge is 2.35. The summed E-state index contributed by atoms with van der Waals surface area (Å²) in [4.78, 5) is 25.1. The van der Waals surface area contributed by atoms with Gasteiger partial charge in [0.15, 0.2) is 0 Å². The monoisotopic (exact) mass is 279 g/mol. The molecule has 20 heavy (non-hydrogen) atoms. The van der Waals surface area contributed by atoms with E-state index in [1.807, 2.05) is 0 Å². The number of carbonyl (C=O) groups excluding carboxylic acids is 1. The molecule has 1 aliphatic heterocycles. The van der Waals surface area contributed by atoms with Gasteiger partial charge in [0.25, 0.3) is 5.91 Å². The minimum atomic E-state index is -0.924. The van der Waals surface area contributed by atoms with Crippen LogP contribution in [-0.4, -0.2) is 44.3 Å². The summed E-state index contributed by atoms with van der Waals surface area (Å²) in [5.41, 5.74) is 1.19. The van der Waals surface area contributed by atoms with Gasteiger partial charge < -0.3 is 10.0 Å². The van der Waals surface area contributed by atoms with Crippen molar-refractivity contribution in [2.75, 3.05) is 6.54 Å². The zero-order valence-corrected chi connectivity index (χ0v) is 12.0. The van der Waals surface area contributed by atoms with Gasteiger partial charge in [0.2, 0.25) is 0 Å². The molecule has 1 aromatic rings. The summed E-state index contributed by atoms with van der Waals surface area (Å²) in [6, 6.07) is -0.694. The van der Waals surface area contributed by atoms with Crippen LogP contribution in [0.4, 0.5) is 0 Å². The Bertz CT molecular complexity index is 510. The summed E-state index contributed by atoms with van der Waals surface area (Å²) in [5, 5.41) is 13.5. The van der Waals surface area contributed by atoms with Crippen LogP contribution in [0.1, 0.15) is 48.7 Å². The number of carbonyl (C=O) groups is 2. The minimum absolute atomic E-state index is 0.213. The Balaban J connectivity index is 2.16. The third kappa shape index (κ3) is 2.84. The molecule has 1 amide bonds. The predicted molar refractivity (Wildman–Crippen MR) is 73.6 cm³/mol. The average Bonchev–Trinajstić information content (AvgIpc) is 3.02. The van der Waals surface area contributed by atoms with Crippen molar-refractivity contribution in [2.24, 2.45) is 0 Å². The maximum Gasteiger partial charge on any atom is 0.326 e. The number of carboxylic acids is 1. The second-order valence-electron chi connectivity index (χ2n) is 5.24. The predicted octanol–water partition coefficient (Wildman–Crippen LogP) is 1.68. The maximum absolute atomic E-state index is 12.5. The van der Waals surface area contributed by atoms with Crippen LogP contribution in [0.5, 0.6) is 0 Å². The second kappa shape index (κ2) is 6.07. The number of amides is 1. The van der Waals surface area contributed by atoms with Crippen LogP contribution in [0.3, 0.4) is 0 Å². The summed E-state index contributed by atoms with van der Waals surface area (Å²) in [7, 11) is 0. The molecule has 1 saturated heterocycles. The van der Waals surface area contributed by atoms with Crippen LogP contribution in [-0.2, 0) is 11.3 Å². The Labute approximate surface area is 118 Å². The molecule has 0 aromatic carbocycles. The van der Waals surface area contributed by atoms with E-state index in [2.05, 4.69) is 12.0 Å². The zero-order chi connectivity index (χ0) is 14.7. The van der Waals surface area contributed by atoms with E-state index < -0.39 is 12.0 Å². The highest BCUT2D eigenvalue weighted by Crippen LogP contribution is 2.21. The first-order chi connectivity index (χ1) is 9.54. The molecule has 1 fully saturated rings. The molecular formula is C14H21N3O3. The molecule has 0 bridgehead atoms. The number of rotatable bonds is 5. The number of nitrogens with zero attached hydrogens (tertiary/aromatic N) is 3. The molecule has 0 spiro atoms. The van der Waals surface area contributed by atoms with Crippen LogP contribution in [0.15, 0.2) is 6.20 Å². The van der Waals surface area contributed by atoms with Gasteiger partial charge in [-0.25, -0.2) is 4.79 Å². The molecule has 2 heterocycles. The van der Waals surface area contributed by atoms with E-state index in [9.17, 15) is 9.59 Å². The van der Waals surface area contributed by atoms with E-state index in [-0.39, 0.29) is 5.91 Å². The normalized spacial score (nSPS) is 18.5. The molecule has 0 radical (unpaired) electrons. The van der Waals surface area contributed by atoms with Gasteiger partial charge in [-0.15, -0.1) is 0 Å². The third-order valence-corrected chi connectivity index (χ3v) is 3.72. The van der Waals surface area contributed by atoms with E-state index in [0.29, 0.717) is 24.2 Å². The number of likely N-dealkylation sites (tertiary alicyclic amines) is 1. The number of hydrogen-bond donors (Lipinski definition) is 1.